The van der Waals surface area contributed by atoms with Crippen molar-refractivity contribution >= 4 is 11.6 Å². The Balaban J connectivity index is 2.65. The molecule has 2 aromatic rings. The average molecular weight is 204 g/mol. The van der Waals surface area contributed by atoms with Crippen LogP contribution in [0.15, 0.2) is 48.5 Å². The molecule has 0 aliphatic heterocycles. The molecule has 0 fully saturated rings. The van der Waals surface area contributed by atoms with Crippen LogP contribution in [-0.4, -0.2) is 0 Å². The van der Waals surface area contributed by atoms with Crippen molar-refractivity contribution in [3.8, 4) is 11.1 Å². The zero-order chi connectivity index (χ0) is 10.8. The van der Waals surface area contributed by atoms with Gasteiger partial charge in [-0.15, -0.1) is 0 Å². The minimum Gasteiger partial charge on any atom is -0.0837 e. The van der Waals surface area contributed by atoms with Crippen molar-refractivity contribution in [2.24, 2.45) is 0 Å². The van der Waals surface area contributed by atoms with Gasteiger partial charge in [0.05, 0.1) is 1.37 Å². The predicted octanol–water partition coefficient (Wildman–Crippen LogP) is 4.32. The summed E-state index contributed by atoms with van der Waals surface area (Å²) in [6.45, 7) is 2.04. The van der Waals surface area contributed by atoms with Crippen LogP contribution in [0.1, 0.15) is 6.93 Å². The Kier molecular flexibility index (Phi) is 2.22. The lowest BCUT2D eigenvalue weighted by Gasteiger charge is -2.06. The molecule has 0 aromatic heterocycles. The van der Waals surface area contributed by atoms with Gasteiger partial charge in [0, 0.05) is 10.6 Å². The van der Waals surface area contributed by atoms with E-state index < -0.39 is 0 Å². The standard InChI is InChI=1S/C13H11Cl/c1-10-6-2-3-7-11(10)12-8-4-5-9-13(12)14/h2-9H,1H3/i9D. The van der Waals surface area contributed by atoms with Gasteiger partial charge in [0.15, 0.2) is 0 Å². The summed E-state index contributed by atoms with van der Waals surface area (Å²) in [6.07, 6.45) is 0. The number of benzene rings is 2. The maximum Gasteiger partial charge on any atom is 0.0639 e. The lowest BCUT2D eigenvalue weighted by atomic mass is 10.0. The van der Waals surface area contributed by atoms with Crippen molar-refractivity contribution in [1.29, 1.82) is 0 Å². The molecular weight excluding hydrogens is 192 g/mol. The molecule has 1 heteroatoms. The molecule has 0 N–H and O–H groups in total. The second-order valence-corrected chi connectivity index (χ2v) is 3.59. The minimum atomic E-state index is 0.373. The van der Waals surface area contributed by atoms with E-state index in [4.69, 9.17) is 13.0 Å². The molecular formula is C13H11Cl. The van der Waals surface area contributed by atoms with Crippen LogP contribution in [0.5, 0.6) is 0 Å². The number of halogens is 1. The van der Waals surface area contributed by atoms with Crippen molar-refractivity contribution in [2.75, 3.05) is 0 Å². The van der Waals surface area contributed by atoms with E-state index in [-0.39, 0.29) is 0 Å². The smallest absolute Gasteiger partial charge is 0.0639 e. The van der Waals surface area contributed by atoms with E-state index >= 15 is 0 Å². The Labute approximate surface area is 90.6 Å². The summed E-state index contributed by atoms with van der Waals surface area (Å²) in [4.78, 5) is 0. The van der Waals surface area contributed by atoms with Crippen molar-refractivity contribution in [1.82, 2.24) is 0 Å². The SMILES string of the molecule is [2H]c1cccc(-c2ccccc2C)c1Cl. The normalized spacial score (nSPS) is 11.1. The topological polar surface area (TPSA) is 0 Å². The van der Waals surface area contributed by atoms with E-state index in [0.717, 1.165) is 11.1 Å². The highest BCUT2D eigenvalue weighted by Gasteiger charge is 2.03. The molecule has 0 atom stereocenters. The quantitative estimate of drug-likeness (QED) is 0.648. The number of rotatable bonds is 1. The summed E-state index contributed by atoms with van der Waals surface area (Å²) < 4.78 is 7.65. The minimum absolute atomic E-state index is 0.373. The van der Waals surface area contributed by atoms with Gasteiger partial charge in [-0.05, 0) is 24.1 Å². The third-order valence-corrected chi connectivity index (χ3v) is 2.55. The summed E-state index contributed by atoms with van der Waals surface area (Å²) in [7, 11) is 0. The van der Waals surface area contributed by atoms with Gasteiger partial charge in [-0.2, -0.15) is 0 Å². The van der Waals surface area contributed by atoms with Gasteiger partial charge in [-0.1, -0.05) is 54.1 Å². The molecule has 0 bridgehead atoms. The largest absolute Gasteiger partial charge is 0.0837 e. The maximum absolute atomic E-state index is 7.65. The second-order valence-electron chi connectivity index (χ2n) is 3.21. The monoisotopic (exact) mass is 203 g/mol. The second kappa shape index (κ2) is 3.85. The van der Waals surface area contributed by atoms with Crippen molar-refractivity contribution in [3.63, 3.8) is 0 Å². The fraction of sp³-hybridized carbons (Fsp3) is 0.0769. The Hall–Kier alpha value is -1.27. The predicted molar refractivity (Wildman–Crippen MR) is 61.6 cm³/mol. The molecule has 0 unspecified atom stereocenters. The lowest BCUT2D eigenvalue weighted by molar-refractivity contribution is 1.46. The molecule has 2 aromatic carbocycles. The molecule has 0 saturated heterocycles. The molecule has 2 rings (SSSR count). The molecule has 0 aliphatic rings. The third-order valence-electron chi connectivity index (χ3n) is 2.24. The van der Waals surface area contributed by atoms with Gasteiger partial charge in [0.1, 0.15) is 0 Å². The van der Waals surface area contributed by atoms with E-state index in [1.54, 1.807) is 6.07 Å². The Morgan fingerprint density at radius 1 is 1.00 bits per heavy atom. The van der Waals surface area contributed by atoms with Crippen LogP contribution in [-0.2, 0) is 0 Å². The molecule has 0 heterocycles. The first-order chi connectivity index (χ1) is 7.20. The first-order valence-electron chi connectivity index (χ1n) is 5.01. The van der Waals surface area contributed by atoms with Crippen LogP contribution in [0.4, 0.5) is 0 Å². The molecule has 0 spiro atoms. The zero-order valence-corrected chi connectivity index (χ0v) is 8.68. The van der Waals surface area contributed by atoms with Crippen LogP contribution in [0.25, 0.3) is 11.1 Å². The Morgan fingerprint density at radius 2 is 1.64 bits per heavy atom. The Morgan fingerprint density at radius 3 is 2.43 bits per heavy atom. The highest BCUT2D eigenvalue weighted by atomic mass is 35.5. The first kappa shape index (κ1) is 8.07. The van der Waals surface area contributed by atoms with Gasteiger partial charge in [0.25, 0.3) is 0 Å². The molecule has 14 heavy (non-hydrogen) atoms. The van der Waals surface area contributed by atoms with Gasteiger partial charge in [-0.25, -0.2) is 0 Å². The summed E-state index contributed by atoms with van der Waals surface area (Å²) in [5.41, 5.74) is 3.20. The zero-order valence-electron chi connectivity index (χ0n) is 8.92. The van der Waals surface area contributed by atoms with Gasteiger partial charge < -0.3 is 0 Å². The van der Waals surface area contributed by atoms with Crippen molar-refractivity contribution in [2.45, 2.75) is 6.92 Å². The number of hydrogen-bond donors (Lipinski definition) is 0. The summed E-state index contributed by atoms with van der Waals surface area (Å²) in [6, 6.07) is 13.9. The van der Waals surface area contributed by atoms with Crippen LogP contribution in [0.3, 0.4) is 0 Å². The number of hydrogen-bond acceptors (Lipinski definition) is 0. The number of aryl methyl sites for hydroxylation is 1. The molecule has 0 nitrogen and oxygen atoms in total. The van der Waals surface area contributed by atoms with Crippen LogP contribution in [0.2, 0.25) is 5.02 Å². The van der Waals surface area contributed by atoms with Gasteiger partial charge in [-0.3, -0.25) is 0 Å². The van der Waals surface area contributed by atoms with Crippen LogP contribution < -0.4 is 0 Å². The fourth-order valence-corrected chi connectivity index (χ4v) is 1.73. The summed E-state index contributed by atoms with van der Waals surface area (Å²) >= 11 is 6.11. The molecule has 0 amide bonds. The van der Waals surface area contributed by atoms with Crippen molar-refractivity contribution in [3.05, 3.63) is 59.1 Å². The Bertz CT molecular complexity index is 492. The van der Waals surface area contributed by atoms with Crippen LogP contribution >= 0.6 is 11.6 Å². The van der Waals surface area contributed by atoms with Gasteiger partial charge in [0.2, 0.25) is 0 Å². The molecule has 0 radical (unpaired) electrons. The van der Waals surface area contributed by atoms with E-state index in [2.05, 4.69) is 0 Å². The van der Waals surface area contributed by atoms with Crippen molar-refractivity contribution < 1.29 is 1.37 Å². The summed E-state index contributed by atoms with van der Waals surface area (Å²) in [5, 5.41) is 0.520. The first-order valence-corrected chi connectivity index (χ1v) is 4.89. The highest BCUT2D eigenvalue weighted by molar-refractivity contribution is 6.33. The lowest BCUT2D eigenvalue weighted by Crippen LogP contribution is -1.82. The van der Waals surface area contributed by atoms with Crippen LogP contribution in [0, 0.1) is 6.92 Å². The summed E-state index contributed by atoms with van der Waals surface area (Å²) in [5.74, 6) is 0. The average Bonchev–Trinajstić information content (AvgIpc) is 2.23. The van der Waals surface area contributed by atoms with E-state index in [0.29, 0.717) is 11.1 Å². The third kappa shape index (κ3) is 1.66. The van der Waals surface area contributed by atoms with E-state index in [1.165, 1.54) is 5.56 Å². The van der Waals surface area contributed by atoms with Gasteiger partial charge >= 0.3 is 0 Å². The maximum atomic E-state index is 7.65. The molecule has 0 saturated carbocycles. The highest BCUT2D eigenvalue weighted by Crippen LogP contribution is 2.29. The van der Waals surface area contributed by atoms with E-state index in [9.17, 15) is 0 Å². The molecule has 70 valence electrons. The molecule has 0 aliphatic carbocycles. The fourth-order valence-electron chi connectivity index (χ4n) is 1.50. The van der Waals surface area contributed by atoms with E-state index in [1.807, 2.05) is 43.3 Å².